The molecule has 0 aliphatic rings. The Kier molecular flexibility index (Phi) is 10.3. The van der Waals surface area contributed by atoms with Gasteiger partial charge in [-0.05, 0) is 73.6 Å². The second-order valence-corrected chi connectivity index (χ2v) is 8.53. The van der Waals surface area contributed by atoms with Crippen LogP contribution in [0.1, 0.15) is 41.8 Å². The molecule has 0 fully saturated rings. The summed E-state index contributed by atoms with van der Waals surface area (Å²) in [6.07, 6.45) is 2.42. The van der Waals surface area contributed by atoms with E-state index in [1.165, 1.54) is 11.3 Å². The first-order chi connectivity index (χ1) is 14.5. The van der Waals surface area contributed by atoms with Crippen LogP contribution in [-0.4, -0.2) is 50.1 Å². The molecule has 3 N–H and O–H groups in total. The van der Waals surface area contributed by atoms with Gasteiger partial charge >= 0.3 is 0 Å². The van der Waals surface area contributed by atoms with E-state index in [1.807, 2.05) is 29.0 Å². The van der Waals surface area contributed by atoms with Crippen LogP contribution < -0.4 is 15.8 Å². The van der Waals surface area contributed by atoms with Crippen molar-refractivity contribution in [2.75, 3.05) is 33.3 Å². The van der Waals surface area contributed by atoms with E-state index in [4.69, 9.17) is 10.5 Å². The zero-order chi connectivity index (χ0) is 21.9. The quantitative estimate of drug-likeness (QED) is 0.280. The number of carbonyl (C=O) groups is 1. The van der Waals surface area contributed by atoms with Crippen LogP contribution in [0.5, 0.6) is 5.75 Å². The fraction of sp³-hybridized carbons (Fsp3) is 0.455. The predicted molar refractivity (Wildman–Crippen MR) is 129 cm³/mol. The van der Waals surface area contributed by atoms with Crippen LogP contribution in [0.4, 0.5) is 0 Å². The minimum Gasteiger partial charge on any atom is -0.496 e. The Hall–Kier alpha value is -1.90. The molecule has 0 saturated heterocycles. The maximum atomic E-state index is 12.7. The molecule has 0 atom stereocenters. The lowest BCUT2D eigenvalue weighted by Crippen LogP contribution is -2.37. The Bertz CT molecular complexity index is 849. The van der Waals surface area contributed by atoms with Gasteiger partial charge in [0.05, 0.1) is 12.7 Å². The van der Waals surface area contributed by atoms with Crippen molar-refractivity contribution in [3.05, 3.63) is 50.1 Å². The summed E-state index contributed by atoms with van der Waals surface area (Å²) in [5, 5.41) is 6.59. The minimum absolute atomic E-state index is 0.172. The SMILES string of the molecule is CCN(CC)CCCN=C(N)NC(=O)c1cscc1CCc1cc(Br)ccc1OC. The van der Waals surface area contributed by atoms with Gasteiger partial charge in [0.1, 0.15) is 5.75 Å². The molecule has 0 saturated carbocycles. The highest BCUT2D eigenvalue weighted by Crippen LogP contribution is 2.25. The highest BCUT2D eigenvalue weighted by Gasteiger charge is 2.14. The molecule has 8 heteroatoms. The molecule has 1 amide bonds. The number of carbonyl (C=O) groups excluding carboxylic acids is 1. The molecule has 30 heavy (non-hydrogen) atoms. The van der Waals surface area contributed by atoms with Gasteiger partial charge in [-0.3, -0.25) is 15.1 Å². The summed E-state index contributed by atoms with van der Waals surface area (Å²) in [5.74, 6) is 0.809. The highest BCUT2D eigenvalue weighted by molar-refractivity contribution is 9.10. The molecule has 2 aromatic rings. The van der Waals surface area contributed by atoms with Crippen molar-refractivity contribution in [2.24, 2.45) is 10.7 Å². The number of amides is 1. The lowest BCUT2D eigenvalue weighted by atomic mass is 10.0. The van der Waals surface area contributed by atoms with Crippen molar-refractivity contribution in [3.63, 3.8) is 0 Å². The van der Waals surface area contributed by atoms with Crippen LogP contribution in [0.15, 0.2) is 38.4 Å². The maximum Gasteiger partial charge on any atom is 0.259 e. The van der Waals surface area contributed by atoms with Crippen molar-refractivity contribution in [2.45, 2.75) is 33.1 Å². The Morgan fingerprint density at radius 3 is 2.67 bits per heavy atom. The summed E-state index contributed by atoms with van der Waals surface area (Å²) in [7, 11) is 1.67. The average molecular weight is 495 g/mol. The number of thiophene rings is 1. The first-order valence-electron chi connectivity index (χ1n) is 10.2. The summed E-state index contributed by atoms with van der Waals surface area (Å²) in [6, 6.07) is 5.95. The normalized spacial score (nSPS) is 11.7. The number of nitrogens with one attached hydrogen (secondary N) is 1. The van der Waals surface area contributed by atoms with Crippen LogP contribution in [0.25, 0.3) is 0 Å². The minimum atomic E-state index is -0.211. The van der Waals surface area contributed by atoms with Gasteiger partial charge in [-0.15, -0.1) is 0 Å². The van der Waals surface area contributed by atoms with Crippen LogP contribution in [0, 0.1) is 0 Å². The molecule has 0 bridgehead atoms. The van der Waals surface area contributed by atoms with Crippen LogP contribution in [-0.2, 0) is 12.8 Å². The largest absolute Gasteiger partial charge is 0.496 e. The smallest absolute Gasteiger partial charge is 0.259 e. The van der Waals surface area contributed by atoms with Crippen LogP contribution in [0.3, 0.4) is 0 Å². The van der Waals surface area contributed by atoms with E-state index < -0.39 is 0 Å². The number of nitrogens with zero attached hydrogens (tertiary/aromatic N) is 2. The third-order valence-electron chi connectivity index (χ3n) is 4.94. The first-order valence-corrected chi connectivity index (χ1v) is 11.9. The van der Waals surface area contributed by atoms with Gasteiger partial charge in [-0.2, -0.15) is 11.3 Å². The van der Waals surface area contributed by atoms with Gasteiger partial charge in [0.2, 0.25) is 0 Å². The van der Waals surface area contributed by atoms with Crippen molar-refractivity contribution in [1.29, 1.82) is 0 Å². The van der Waals surface area contributed by atoms with E-state index in [0.29, 0.717) is 12.1 Å². The maximum absolute atomic E-state index is 12.7. The van der Waals surface area contributed by atoms with E-state index >= 15 is 0 Å². The van der Waals surface area contributed by atoms with Crippen LogP contribution >= 0.6 is 27.3 Å². The van der Waals surface area contributed by atoms with Gasteiger partial charge in [0, 0.05) is 16.4 Å². The van der Waals surface area contributed by atoms with Gasteiger partial charge in [0.25, 0.3) is 5.91 Å². The summed E-state index contributed by atoms with van der Waals surface area (Å²) in [6.45, 7) is 7.92. The molecule has 2 rings (SSSR count). The van der Waals surface area contributed by atoms with Gasteiger partial charge in [-0.1, -0.05) is 29.8 Å². The van der Waals surface area contributed by atoms with Crippen molar-refractivity contribution >= 4 is 39.1 Å². The Morgan fingerprint density at radius 2 is 1.97 bits per heavy atom. The number of rotatable bonds is 11. The fourth-order valence-corrected chi connectivity index (χ4v) is 4.47. The molecule has 164 valence electrons. The number of halogens is 1. The summed E-state index contributed by atoms with van der Waals surface area (Å²) >= 11 is 5.02. The number of benzene rings is 1. The van der Waals surface area contributed by atoms with E-state index in [1.54, 1.807) is 7.11 Å². The number of aryl methyl sites for hydroxylation is 2. The van der Waals surface area contributed by atoms with Crippen molar-refractivity contribution < 1.29 is 9.53 Å². The standard InChI is InChI=1S/C22H31BrN4O2S/c1-4-27(5-2)12-6-11-25-22(24)26-21(28)19-15-30-14-17(19)8-7-16-13-18(23)9-10-20(16)29-3/h9-10,13-15H,4-8,11-12H2,1-3H3,(H3,24,25,26,28). The number of hydrogen-bond donors (Lipinski definition) is 2. The number of ether oxygens (including phenoxy) is 1. The molecule has 0 unspecified atom stereocenters. The molecule has 0 spiro atoms. The first kappa shape index (κ1) is 24.4. The van der Waals surface area contributed by atoms with E-state index in [-0.39, 0.29) is 11.9 Å². The average Bonchev–Trinajstić information content (AvgIpc) is 3.21. The van der Waals surface area contributed by atoms with E-state index in [0.717, 1.165) is 60.2 Å². The number of nitrogens with two attached hydrogens (primary N) is 1. The summed E-state index contributed by atoms with van der Waals surface area (Å²) in [5.41, 5.74) is 8.66. The van der Waals surface area contributed by atoms with E-state index in [2.05, 4.69) is 45.0 Å². The zero-order valence-corrected chi connectivity index (χ0v) is 20.3. The molecule has 1 aromatic carbocycles. The number of aliphatic imine (C=N–C) groups is 1. The topological polar surface area (TPSA) is 80.0 Å². The molecule has 1 heterocycles. The van der Waals surface area contributed by atoms with E-state index in [9.17, 15) is 4.79 Å². The molecule has 6 nitrogen and oxygen atoms in total. The second kappa shape index (κ2) is 12.7. The second-order valence-electron chi connectivity index (χ2n) is 6.87. The molecule has 0 radical (unpaired) electrons. The fourth-order valence-electron chi connectivity index (χ4n) is 3.19. The molecule has 0 aliphatic carbocycles. The van der Waals surface area contributed by atoms with Gasteiger partial charge in [-0.25, -0.2) is 0 Å². The monoisotopic (exact) mass is 494 g/mol. The lowest BCUT2D eigenvalue weighted by molar-refractivity contribution is 0.0976. The Morgan fingerprint density at radius 1 is 1.23 bits per heavy atom. The predicted octanol–water partition coefficient (Wildman–Crippen LogP) is 4.08. The van der Waals surface area contributed by atoms with Gasteiger partial charge in [0.15, 0.2) is 5.96 Å². The third kappa shape index (κ3) is 7.41. The Labute approximate surface area is 191 Å². The summed E-state index contributed by atoms with van der Waals surface area (Å²) < 4.78 is 6.45. The number of methoxy groups -OCH3 is 1. The highest BCUT2D eigenvalue weighted by atomic mass is 79.9. The molecular weight excluding hydrogens is 464 g/mol. The zero-order valence-electron chi connectivity index (χ0n) is 17.9. The molecule has 0 aliphatic heterocycles. The summed E-state index contributed by atoms with van der Waals surface area (Å²) in [4.78, 5) is 19.3. The number of guanidine groups is 1. The number of hydrogen-bond acceptors (Lipinski definition) is 5. The van der Waals surface area contributed by atoms with Crippen molar-refractivity contribution in [1.82, 2.24) is 10.2 Å². The molecule has 1 aromatic heterocycles. The molecular formula is C22H31BrN4O2S. The Balaban J connectivity index is 1.92. The third-order valence-corrected chi connectivity index (χ3v) is 6.23. The van der Waals surface area contributed by atoms with Crippen molar-refractivity contribution in [3.8, 4) is 5.75 Å². The lowest BCUT2D eigenvalue weighted by Gasteiger charge is -2.16. The van der Waals surface area contributed by atoms with Gasteiger partial charge < -0.3 is 15.4 Å². The van der Waals surface area contributed by atoms with Crippen LogP contribution in [0.2, 0.25) is 0 Å².